The molecule has 3 aromatic rings. The first-order valence-electron chi connectivity index (χ1n) is 8.32. The largest absolute Gasteiger partial charge is 0.376 e. The molecule has 0 fully saturated rings. The normalized spacial score (nSPS) is 11.8. The predicted octanol–water partition coefficient (Wildman–Crippen LogP) is 4.68. The molecule has 0 saturated carbocycles. The Kier molecular flexibility index (Phi) is 5.51. The van der Waals surface area contributed by atoms with Gasteiger partial charge in [-0.25, -0.2) is 0 Å². The van der Waals surface area contributed by atoms with Crippen LogP contribution in [0.25, 0.3) is 0 Å². The fourth-order valence-corrected chi connectivity index (χ4v) is 3.54. The van der Waals surface area contributed by atoms with Crippen molar-refractivity contribution in [1.82, 2.24) is 5.32 Å². The molecule has 1 heterocycles. The van der Waals surface area contributed by atoms with E-state index in [1.54, 1.807) is 11.3 Å². The quantitative estimate of drug-likeness (QED) is 0.677. The van der Waals surface area contributed by atoms with Gasteiger partial charge in [-0.1, -0.05) is 48.5 Å². The third-order valence-corrected chi connectivity index (χ3v) is 5.04. The van der Waals surface area contributed by atoms with Gasteiger partial charge in [0.25, 0.3) is 0 Å². The third kappa shape index (κ3) is 4.48. The summed E-state index contributed by atoms with van der Waals surface area (Å²) >= 11 is 1.65. The summed E-state index contributed by atoms with van der Waals surface area (Å²) in [6, 6.07) is 20.2. The van der Waals surface area contributed by atoms with Crippen LogP contribution in [0.1, 0.15) is 27.6 Å². The lowest BCUT2D eigenvalue weighted by atomic mass is 10.1. The molecule has 4 heteroatoms. The molecule has 1 atom stereocenters. The van der Waals surface area contributed by atoms with Gasteiger partial charge in [-0.05, 0) is 48.1 Å². The fraction of sp³-hybridized carbons (Fsp3) is 0.190. The number of thiophene rings is 1. The van der Waals surface area contributed by atoms with E-state index in [0.29, 0.717) is 0 Å². The van der Waals surface area contributed by atoms with E-state index in [-0.39, 0.29) is 18.5 Å². The summed E-state index contributed by atoms with van der Waals surface area (Å²) in [6.07, 6.45) is 0. The lowest BCUT2D eigenvalue weighted by Gasteiger charge is -2.19. The van der Waals surface area contributed by atoms with Crippen LogP contribution in [0, 0.1) is 13.8 Å². The number of hydrogen-bond acceptors (Lipinski definition) is 3. The van der Waals surface area contributed by atoms with E-state index >= 15 is 0 Å². The highest BCUT2D eigenvalue weighted by Gasteiger charge is 2.17. The summed E-state index contributed by atoms with van der Waals surface area (Å²) < 4.78 is 0. The first-order valence-corrected chi connectivity index (χ1v) is 9.20. The minimum atomic E-state index is -0.117. The molecule has 0 saturated heterocycles. The molecule has 1 aromatic heterocycles. The number of rotatable bonds is 6. The molecule has 2 N–H and O–H groups in total. The molecule has 1 amide bonds. The van der Waals surface area contributed by atoms with Gasteiger partial charge in [0.1, 0.15) is 0 Å². The van der Waals surface area contributed by atoms with E-state index in [1.807, 2.05) is 55.6 Å². The van der Waals surface area contributed by atoms with Crippen molar-refractivity contribution in [2.45, 2.75) is 19.9 Å². The Bertz CT molecular complexity index is 828. The molecule has 1 unspecified atom stereocenters. The average Bonchev–Trinajstić information content (AvgIpc) is 3.15. The number of aryl methyl sites for hydroxylation is 2. The number of amides is 1. The zero-order chi connectivity index (χ0) is 17.6. The van der Waals surface area contributed by atoms with Gasteiger partial charge < -0.3 is 10.6 Å². The van der Waals surface area contributed by atoms with Gasteiger partial charge in [0, 0.05) is 10.6 Å². The molecule has 0 radical (unpaired) electrons. The molecule has 25 heavy (non-hydrogen) atoms. The summed E-state index contributed by atoms with van der Waals surface area (Å²) in [4.78, 5) is 13.7. The zero-order valence-electron chi connectivity index (χ0n) is 14.5. The highest BCUT2D eigenvalue weighted by Crippen LogP contribution is 2.25. The maximum Gasteiger partial charge on any atom is 0.240 e. The van der Waals surface area contributed by atoms with Crippen LogP contribution in [-0.4, -0.2) is 12.5 Å². The lowest BCUT2D eigenvalue weighted by molar-refractivity contribution is -0.119. The summed E-state index contributed by atoms with van der Waals surface area (Å²) in [5.41, 5.74) is 4.40. The van der Waals surface area contributed by atoms with Crippen LogP contribution in [0.5, 0.6) is 0 Å². The lowest BCUT2D eigenvalue weighted by Crippen LogP contribution is -2.33. The van der Waals surface area contributed by atoms with E-state index in [2.05, 4.69) is 34.9 Å². The zero-order valence-corrected chi connectivity index (χ0v) is 15.3. The standard InChI is InChI=1S/C21H22N2OS/c1-15-10-11-16(2)18(13-15)22-14-20(24)23-21(19-9-6-12-25-19)17-7-4-3-5-8-17/h3-13,21-22H,14H2,1-2H3,(H,23,24). The number of hydrogen-bond donors (Lipinski definition) is 2. The maximum atomic E-state index is 12.5. The van der Waals surface area contributed by atoms with Crippen molar-refractivity contribution in [3.63, 3.8) is 0 Å². The Hall–Kier alpha value is -2.59. The van der Waals surface area contributed by atoms with Crippen LogP contribution in [0.2, 0.25) is 0 Å². The number of benzene rings is 2. The second-order valence-corrected chi connectivity index (χ2v) is 7.08. The fourth-order valence-electron chi connectivity index (χ4n) is 2.73. The Morgan fingerprint density at radius 2 is 1.84 bits per heavy atom. The molecule has 0 spiro atoms. The first kappa shape index (κ1) is 17.2. The van der Waals surface area contributed by atoms with Crippen LogP contribution in [0.4, 0.5) is 5.69 Å². The van der Waals surface area contributed by atoms with Crippen LogP contribution >= 0.6 is 11.3 Å². The molecule has 0 aliphatic heterocycles. The molecular formula is C21H22N2OS. The van der Waals surface area contributed by atoms with Crippen molar-refractivity contribution in [3.05, 3.63) is 87.6 Å². The van der Waals surface area contributed by atoms with E-state index in [4.69, 9.17) is 0 Å². The predicted molar refractivity (Wildman–Crippen MR) is 105 cm³/mol. The van der Waals surface area contributed by atoms with Crippen molar-refractivity contribution in [2.24, 2.45) is 0 Å². The third-order valence-electron chi connectivity index (χ3n) is 4.10. The summed E-state index contributed by atoms with van der Waals surface area (Å²) in [6.45, 7) is 4.34. The molecule has 2 aromatic carbocycles. The highest BCUT2D eigenvalue weighted by molar-refractivity contribution is 7.10. The molecule has 3 nitrogen and oxygen atoms in total. The smallest absolute Gasteiger partial charge is 0.240 e. The summed E-state index contributed by atoms with van der Waals surface area (Å²) in [7, 11) is 0. The Labute approximate surface area is 152 Å². The maximum absolute atomic E-state index is 12.5. The van der Waals surface area contributed by atoms with Crippen LogP contribution in [0.15, 0.2) is 66.0 Å². The molecule has 0 bridgehead atoms. The number of anilines is 1. The van der Waals surface area contributed by atoms with Crippen molar-refractivity contribution < 1.29 is 4.79 Å². The number of nitrogens with one attached hydrogen (secondary N) is 2. The van der Waals surface area contributed by atoms with Crippen LogP contribution < -0.4 is 10.6 Å². The molecular weight excluding hydrogens is 328 g/mol. The van der Waals surface area contributed by atoms with Gasteiger partial charge >= 0.3 is 0 Å². The van der Waals surface area contributed by atoms with Crippen molar-refractivity contribution in [3.8, 4) is 0 Å². The van der Waals surface area contributed by atoms with Crippen LogP contribution in [-0.2, 0) is 4.79 Å². The minimum Gasteiger partial charge on any atom is -0.376 e. The monoisotopic (exact) mass is 350 g/mol. The van der Waals surface area contributed by atoms with Crippen LogP contribution in [0.3, 0.4) is 0 Å². The summed E-state index contributed by atoms with van der Waals surface area (Å²) in [5, 5.41) is 8.43. The van der Waals surface area contributed by atoms with Crippen molar-refractivity contribution >= 4 is 22.9 Å². The molecule has 3 rings (SSSR count). The average molecular weight is 350 g/mol. The van der Waals surface area contributed by atoms with Gasteiger partial charge in [-0.2, -0.15) is 0 Å². The van der Waals surface area contributed by atoms with Crippen molar-refractivity contribution in [1.29, 1.82) is 0 Å². The SMILES string of the molecule is Cc1ccc(C)c(NCC(=O)NC(c2ccccc2)c2cccs2)c1. The van der Waals surface area contributed by atoms with E-state index in [9.17, 15) is 4.79 Å². The minimum absolute atomic E-state index is 0.0249. The summed E-state index contributed by atoms with van der Waals surface area (Å²) in [5.74, 6) is -0.0249. The Morgan fingerprint density at radius 1 is 1.04 bits per heavy atom. The molecule has 128 valence electrons. The van der Waals surface area contributed by atoms with Crippen molar-refractivity contribution in [2.75, 3.05) is 11.9 Å². The van der Waals surface area contributed by atoms with Gasteiger partial charge in [0.15, 0.2) is 0 Å². The highest BCUT2D eigenvalue weighted by atomic mass is 32.1. The van der Waals surface area contributed by atoms with E-state index in [1.165, 1.54) is 5.56 Å². The molecule has 0 aliphatic carbocycles. The number of carbonyl (C=O) groups is 1. The van der Waals surface area contributed by atoms with E-state index < -0.39 is 0 Å². The van der Waals surface area contributed by atoms with E-state index in [0.717, 1.165) is 21.7 Å². The van der Waals surface area contributed by atoms with Gasteiger partial charge in [-0.15, -0.1) is 11.3 Å². The Balaban J connectivity index is 1.70. The molecule has 0 aliphatic rings. The second-order valence-electron chi connectivity index (χ2n) is 6.10. The topological polar surface area (TPSA) is 41.1 Å². The number of carbonyl (C=O) groups excluding carboxylic acids is 1. The second kappa shape index (κ2) is 7.99. The Morgan fingerprint density at radius 3 is 2.56 bits per heavy atom. The van der Waals surface area contributed by atoms with Gasteiger partial charge in [0.05, 0.1) is 12.6 Å². The van der Waals surface area contributed by atoms with Gasteiger partial charge in [0.2, 0.25) is 5.91 Å². The van der Waals surface area contributed by atoms with Gasteiger partial charge in [-0.3, -0.25) is 4.79 Å². The first-order chi connectivity index (χ1) is 12.1.